The summed E-state index contributed by atoms with van der Waals surface area (Å²) in [7, 11) is 1.52. The number of nitrogens with one attached hydrogen (secondary N) is 1. The largest absolute Gasteiger partial charge is 0.467 e. The molecule has 0 saturated carbocycles. The van der Waals surface area contributed by atoms with E-state index in [9.17, 15) is 19.2 Å². The van der Waals surface area contributed by atoms with Gasteiger partial charge in [-0.3, -0.25) is 23.5 Å². The van der Waals surface area contributed by atoms with Gasteiger partial charge >= 0.3 is 5.69 Å². The molecule has 11 nitrogen and oxygen atoms in total. The van der Waals surface area contributed by atoms with Crippen molar-refractivity contribution in [1.29, 1.82) is 0 Å². The van der Waals surface area contributed by atoms with Gasteiger partial charge in [0.15, 0.2) is 5.65 Å². The highest BCUT2D eigenvalue weighted by molar-refractivity contribution is 5.89. The normalized spacial score (nSPS) is 14.1. The number of furan rings is 1. The summed E-state index contributed by atoms with van der Waals surface area (Å²) in [6.45, 7) is 3.43. The van der Waals surface area contributed by atoms with Crippen LogP contribution in [-0.4, -0.2) is 57.0 Å². The summed E-state index contributed by atoms with van der Waals surface area (Å²) in [6.07, 6.45) is 3.05. The molecule has 4 rings (SSSR count). The van der Waals surface area contributed by atoms with Crippen molar-refractivity contribution in [2.75, 3.05) is 31.1 Å². The molecule has 0 unspecified atom stereocenters. The maximum Gasteiger partial charge on any atom is 0.332 e. The molecule has 1 aliphatic rings. The molecule has 3 aromatic heterocycles. The van der Waals surface area contributed by atoms with Crippen LogP contribution in [0.3, 0.4) is 0 Å². The van der Waals surface area contributed by atoms with Crippen LogP contribution in [0.15, 0.2) is 44.7 Å². The molecule has 0 atom stereocenters. The molecular formula is C21H24N6O5. The molecule has 1 aliphatic heterocycles. The van der Waals surface area contributed by atoms with Gasteiger partial charge in [0.1, 0.15) is 17.7 Å². The third kappa shape index (κ3) is 4.01. The van der Waals surface area contributed by atoms with E-state index in [0.717, 1.165) is 4.57 Å². The summed E-state index contributed by atoms with van der Waals surface area (Å²) < 4.78 is 7.36. The Morgan fingerprint density at radius 2 is 1.91 bits per heavy atom. The Bertz CT molecular complexity index is 1270. The Labute approximate surface area is 182 Å². The number of hydrogen-bond acceptors (Lipinski definition) is 7. The van der Waals surface area contributed by atoms with Crippen LogP contribution in [-0.2, 0) is 29.7 Å². The third-order valence-electron chi connectivity index (χ3n) is 5.61. The number of fused-ring (bicyclic) bond motifs is 1. The number of nitrogens with zero attached hydrogens (tertiary/aromatic N) is 5. The number of pyridine rings is 1. The standard InChI is InChI=1S/C21H24N6O5/c1-14(28)25-7-9-26(10-8-25)16-5-6-22-19-18(16)20(30)27(21(31)24(19)2)13-17(29)23-12-15-4-3-11-32-15/h3-6,11H,7-10,12-13H2,1-2H3,(H,23,29). The maximum absolute atomic E-state index is 13.3. The molecular weight excluding hydrogens is 416 g/mol. The van der Waals surface area contributed by atoms with Gasteiger partial charge in [-0.15, -0.1) is 0 Å². The summed E-state index contributed by atoms with van der Waals surface area (Å²) in [6, 6.07) is 5.14. The van der Waals surface area contributed by atoms with Gasteiger partial charge in [-0.1, -0.05) is 0 Å². The van der Waals surface area contributed by atoms with Crippen LogP contribution in [0.25, 0.3) is 11.0 Å². The molecule has 1 N–H and O–H groups in total. The number of piperazine rings is 1. The van der Waals surface area contributed by atoms with Gasteiger partial charge in [0, 0.05) is 46.3 Å². The second-order valence-electron chi connectivity index (χ2n) is 7.61. The van der Waals surface area contributed by atoms with Crippen LogP contribution in [0.4, 0.5) is 5.69 Å². The molecule has 0 radical (unpaired) electrons. The van der Waals surface area contributed by atoms with Crippen molar-refractivity contribution in [1.82, 2.24) is 24.3 Å². The minimum absolute atomic E-state index is 0.00884. The van der Waals surface area contributed by atoms with Crippen molar-refractivity contribution in [3.8, 4) is 0 Å². The molecule has 0 aromatic carbocycles. The Morgan fingerprint density at radius 1 is 1.16 bits per heavy atom. The van der Waals surface area contributed by atoms with Crippen LogP contribution in [0.5, 0.6) is 0 Å². The first-order chi connectivity index (χ1) is 15.4. The second-order valence-corrected chi connectivity index (χ2v) is 7.61. The number of anilines is 1. The van der Waals surface area contributed by atoms with Gasteiger partial charge in [-0.2, -0.15) is 0 Å². The zero-order valence-corrected chi connectivity index (χ0v) is 17.9. The number of aryl methyl sites for hydroxylation is 1. The van der Waals surface area contributed by atoms with Crippen LogP contribution in [0.2, 0.25) is 0 Å². The van der Waals surface area contributed by atoms with Crippen LogP contribution < -0.4 is 21.5 Å². The van der Waals surface area contributed by atoms with Crippen LogP contribution >= 0.6 is 0 Å². The summed E-state index contributed by atoms with van der Waals surface area (Å²) in [4.78, 5) is 58.2. The molecule has 3 aromatic rings. The zero-order valence-electron chi connectivity index (χ0n) is 17.9. The van der Waals surface area contributed by atoms with Crippen molar-refractivity contribution in [3.63, 3.8) is 0 Å². The summed E-state index contributed by atoms with van der Waals surface area (Å²) in [5.41, 5.74) is -0.322. The van der Waals surface area contributed by atoms with Crippen molar-refractivity contribution < 1.29 is 14.0 Å². The predicted molar refractivity (Wildman–Crippen MR) is 116 cm³/mol. The lowest BCUT2D eigenvalue weighted by molar-refractivity contribution is -0.129. The topological polar surface area (TPSA) is 123 Å². The summed E-state index contributed by atoms with van der Waals surface area (Å²) in [5, 5.41) is 2.91. The van der Waals surface area contributed by atoms with E-state index in [1.165, 1.54) is 24.8 Å². The molecule has 4 heterocycles. The quantitative estimate of drug-likeness (QED) is 0.577. The monoisotopic (exact) mass is 440 g/mol. The zero-order chi connectivity index (χ0) is 22.8. The predicted octanol–water partition coefficient (Wildman–Crippen LogP) is -0.327. The van der Waals surface area contributed by atoms with Crippen LogP contribution in [0.1, 0.15) is 12.7 Å². The third-order valence-corrected chi connectivity index (χ3v) is 5.61. The summed E-state index contributed by atoms with van der Waals surface area (Å²) in [5.74, 6) is 0.0864. The minimum atomic E-state index is -0.623. The Morgan fingerprint density at radius 3 is 2.56 bits per heavy atom. The lowest BCUT2D eigenvalue weighted by atomic mass is 10.2. The molecule has 0 bridgehead atoms. The fraction of sp³-hybridized carbons (Fsp3) is 0.381. The number of rotatable bonds is 5. The lowest BCUT2D eigenvalue weighted by Gasteiger charge is -2.36. The van der Waals surface area contributed by atoms with Crippen molar-refractivity contribution in [2.45, 2.75) is 20.0 Å². The van der Waals surface area contributed by atoms with E-state index in [4.69, 9.17) is 4.42 Å². The van der Waals surface area contributed by atoms with Crippen molar-refractivity contribution >= 4 is 28.5 Å². The van der Waals surface area contributed by atoms with Crippen molar-refractivity contribution in [2.24, 2.45) is 7.05 Å². The fourth-order valence-electron chi connectivity index (χ4n) is 3.86. The number of amides is 2. The number of aromatic nitrogens is 3. The maximum atomic E-state index is 13.3. The highest BCUT2D eigenvalue weighted by Gasteiger charge is 2.24. The van der Waals surface area contributed by atoms with Gasteiger partial charge in [-0.05, 0) is 18.2 Å². The van der Waals surface area contributed by atoms with E-state index in [0.29, 0.717) is 37.6 Å². The van der Waals surface area contributed by atoms with Gasteiger partial charge in [0.25, 0.3) is 5.56 Å². The highest BCUT2D eigenvalue weighted by atomic mass is 16.3. The molecule has 1 fully saturated rings. The molecule has 0 aliphatic carbocycles. The number of hydrogen-bond donors (Lipinski definition) is 1. The van der Waals surface area contributed by atoms with Crippen molar-refractivity contribution in [3.05, 3.63) is 57.3 Å². The molecule has 2 amide bonds. The first-order valence-electron chi connectivity index (χ1n) is 10.2. The average Bonchev–Trinajstić information content (AvgIpc) is 3.32. The van der Waals surface area contributed by atoms with Gasteiger partial charge < -0.3 is 19.5 Å². The van der Waals surface area contributed by atoms with Gasteiger partial charge in [0.2, 0.25) is 11.8 Å². The molecule has 11 heteroatoms. The molecule has 168 valence electrons. The van der Waals surface area contributed by atoms with Gasteiger partial charge in [-0.25, -0.2) is 9.78 Å². The molecule has 1 saturated heterocycles. The number of carbonyl (C=O) groups excluding carboxylic acids is 2. The Hall–Kier alpha value is -3.89. The Kier molecular flexibility index (Phi) is 5.80. The number of carbonyl (C=O) groups is 2. The van der Waals surface area contributed by atoms with E-state index < -0.39 is 23.7 Å². The van der Waals surface area contributed by atoms with E-state index in [1.807, 2.05) is 4.90 Å². The lowest BCUT2D eigenvalue weighted by Crippen LogP contribution is -2.49. The molecule has 32 heavy (non-hydrogen) atoms. The second kappa shape index (κ2) is 8.69. The first-order valence-corrected chi connectivity index (χ1v) is 10.2. The van der Waals surface area contributed by atoms with E-state index in [1.54, 1.807) is 29.3 Å². The first kappa shape index (κ1) is 21.3. The minimum Gasteiger partial charge on any atom is -0.467 e. The van der Waals surface area contributed by atoms with Gasteiger partial charge in [0.05, 0.1) is 18.5 Å². The van der Waals surface area contributed by atoms with Crippen LogP contribution in [0, 0.1) is 0 Å². The van der Waals surface area contributed by atoms with E-state index in [2.05, 4.69) is 10.3 Å². The fourth-order valence-corrected chi connectivity index (χ4v) is 3.86. The smallest absolute Gasteiger partial charge is 0.332 e. The summed E-state index contributed by atoms with van der Waals surface area (Å²) >= 11 is 0. The van der Waals surface area contributed by atoms with E-state index >= 15 is 0 Å². The van der Waals surface area contributed by atoms with E-state index in [-0.39, 0.29) is 23.5 Å². The highest BCUT2D eigenvalue weighted by Crippen LogP contribution is 2.22. The molecule has 0 spiro atoms. The average molecular weight is 440 g/mol. The SMILES string of the molecule is CC(=O)N1CCN(c2ccnc3c2c(=O)n(CC(=O)NCc2ccco2)c(=O)n3C)CC1. The Balaban J connectivity index is 1.67.